The van der Waals surface area contributed by atoms with Crippen LogP contribution in [0.15, 0.2) is 23.3 Å². The van der Waals surface area contributed by atoms with Gasteiger partial charge in [0.25, 0.3) is 0 Å². The van der Waals surface area contributed by atoms with Crippen LogP contribution in [0.4, 0.5) is 0 Å². The Balaban J connectivity index is 2.92. The van der Waals surface area contributed by atoms with Crippen LogP contribution in [0.5, 0.6) is 0 Å². The van der Waals surface area contributed by atoms with E-state index in [0.717, 1.165) is 0 Å². The fourth-order valence-corrected chi connectivity index (χ4v) is 0.624. The molecule has 4 heteroatoms. The summed E-state index contributed by atoms with van der Waals surface area (Å²) >= 11 is 0. The van der Waals surface area contributed by atoms with E-state index < -0.39 is 0 Å². The van der Waals surface area contributed by atoms with E-state index in [4.69, 9.17) is 4.74 Å². The second-order valence-corrected chi connectivity index (χ2v) is 1.79. The van der Waals surface area contributed by atoms with Crippen LogP contribution in [0.3, 0.4) is 0 Å². The summed E-state index contributed by atoms with van der Waals surface area (Å²) in [6.45, 7) is 0.257. The molecule has 0 aliphatic carbocycles. The molecule has 0 spiro atoms. The molecule has 0 saturated carbocycles. The predicted molar refractivity (Wildman–Crippen MR) is 35.5 cm³/mol. The van der Waals surface area contributed by atoms with Crippen molar-refractivity contribution in [3.63, 3.8) is 0 Å². The summed E-state index contributed by atoms with van der Waals surface area (Å²) < 4.78 is 6.11. The lowest BCUT2D eigenvalue weighted by Crippen LogP contribution is -2.21. The van der Waals surface area contributed by atoms with E-state index in [9.17, 15) is 4.79 Å². The lowest BCUT2D eigenvalue weighted by atomic mass is 10.7. The quantitative estimate of drug-likeness (QED) is 0.573. The van der Waals surface area contributed by atoms with Gasteiger partial charge in [0, 0.05) is 19.5 Å². The first kappa shape index (κ1) is 6.95. The molecule has 1 rings (SSSR count). The van der Waals surface area contributed by atoms with E-state index in [0.29, 0.717) is 0 Å². The zero-order chi connectivity index (χ0) is 7.40. The molecule has 0 aromatic carbocycles. The van der Waals surface area contributed by atoms with Gasteiger partial charge in [0.1, 0.15) is 6.73 Å². The van der Waals surface area contributed by atoms with Gasteiger partial charge in [0.2, 0.25) is 0 Å². The second-order valence-electron chi connectivity index (χ2n) is 1.79. The standard InChI is InChI=1S/C6H8N2O2/c1-10-5-8-4-2-3-7-6(8)9/h2-4H,5H2,1H3. The highest BCUT2D eigenvalue weighted by molar-refractivity contribution is 4.79. The smallest absolute Gasteiger partial charge is 0.349 e. The number of hydrogen-bond acceptors (Lipinski definition) is 3. The second kappa shape index (κ2) is 3.12. The topological polar surface area (TPSA) is 44.1 Å². The van der Waals surface area contributed by atoms with Gasteiger partial charge in [-0.15, -0.1) is 0 Å². The van der Waals surface area contributed by atoms with Gasteiger partial charge in [-0.25, -0.2) is 9.78 Å². The number of nitrogens with zero attached hydrogens (tertiary/aromatic N) is 2. The van der Waals surface area contributed by atoms with Crippen molar-refractivity contribution in [1.29, 1.82) is 0 Å². The molecule has 0 radical (unpaired) electrons. The molecular weight excluding hydrogens is 132 g/mol. The number of methoxy groups -OCH3 is 1. The summed E-state index contributed by atoms with van der Waals surface area (Å²) in [4.78, 5) is 14.3. The highest BCUT2D eigenvalue weighted by atomic mass is 16.5. The summed E-state index contributed by atoms with van der Waals surface area (Å²) in [5.74, 6) is 0. The third-order valence-electron chi connectivity index (χ3n) is 1.05. The van der Waals surface area contributed by atoms with E-state index in [2.05, 4.69) is 4.98 Å². The average molecular weight is 140 g/mol. The van der Waals surface area contributed by atoms with Crippen LogP contribution < -0.4 is 5.69 Å². The molecule has 4 nitrogen and oxygen atoms in total. The van der Waals surface area contributed by atoms with E-state index in [1.165, 1.54) is 17.9 Å². The van der Waals surface area contributed by atoms with Crippen LogP contribution in [-0.4, -0.2) is 16.7 Å². The van der Waals surface area contributed by atoms with Crippen LogP contribution in [-0.2, 0) is 11.5 Å². The molecular formula is C6H8N2O2. The highest BCUT2D eigenvalue weighted by Gasteiger charge is 1.89. The van der Waals surface area contributed by atoms with Crippen molar-refractivity contribution in [2.24, 2.45) is 0 Å². The van der Waals surface area contributed by atoms with Crippen molar-refractivity contribution in [3.8, 4) is 0 Å². The molecule has 1 aromatic rings. The first-order valence-electron chi connectivity index (χ1n) is 2.85. The maximum Gasteiger partial charge on any atom is 0.349 e. The van der Waals surface area contributed by atoms with Gasteiger partial charge in [0.15, 0.2) is 0 Å². The van der Waals surface area contributed by atoms with Crippen molar-refractivity contribution in [3.05, 3.63) is 28.9 Å². The Morgan fingerprint density at radius 3 is 3.20 bits per heavy atom. The molecule has 0 unspecified atom stereocenters. The summed E-state index contributed by atoms with van der Waals surface area (Å²) in [5.41, 5.74) is -0.288. The first-order chi connectivity index (χ1) is 4.84. The molecule has 0 aliphatic rings. The SMILES string of the molecule is COCn1cccnc1=O. The van der Waals surface area contributed by atoms with Gasteiger partial charge in [-0.2, -0.15) is 0 Å². The molecule has 0 bridgehead atoms. The maximum atomic E-state index is 10.8. The van der Waals surface area contributed by atoms with E-state index >= 15 is 0 Å². The fourth-order valence-electron chi connectivity index (χ4n) is 0.624. The van der Waals surface area contributed by atoms with Gasteiger partial charge >= 0.3 is 5.69 Å². The van der Waals surface area contributed by atoms with E-state index in [1.807, 2.05) is 0 Å². The zero-order valence-electron chi connectivity index (χ0n) is 5.65. The van der Waals surface area contributed by atoms with Crippen molar-refractivity contribution in [2.75, 3.05) is 7.11 Å². The molecule has 54 valence electrons. The molecule has 0 fully saturated rings. The average Bonchev–Trinajstić information content (AvgIpc) is 1.94. The third kappa shape index (κ3) is 1.41. The normalized spacial score (nSPS) is 9.70. The minimum Gasteiger partial charge on any atom is -0.364 e. The summed E-state index contributed by atoms with van der Waals surface area (Å²) in [5, 5.41) is 0. The third-order valence-corrected chi connectivity index (χ3v) is 1.05. The minimum absolute atomic E-state index is 0.257. The molecule has 0 aliphatic heterocycles. The Labute approximate surface area is 58.1 Å². The van der Waals surface area contributed by atoms with Gasteiger partial charge < -0.3 is 4.74 Å². The molecule has 0 amide bonds. The first-order valence-corrected chi connectivity index (χ1v) is 2.85. The van der Waals surface area contributed by atoms with Gasteiger partial charge in [-0.3, -0.25) is 4.57 Å². The Kier molecular flexibility index (Phi) is 2.17. The maximum absolute atomic E-state index is 10.8. The van der Waals surface area contributed by atoms with Crippen LogP contribution in [0.25, 0.3) is 0 Å². The van der Waals surface area contributed by atoms with Gasteiger partial charge in [-0.1, -0.05) is 0 Å². The Morgan fingerprint density at radius 2 is 2.60 bits per heavy atom. The predicted octanol–water partition coefficient (Wildman–Crippen LogP) is -0.153. The molecule has 0 saturated heterocycles. The van der Waals surface area contributed by atoms with Gasteiger partial charge in [0.05, 0.1) is 0 Å². The summed E-state index contributed by atoms with van der Waals surface area (Å²) in [6.07, 6.45) is 3.08. The highest BCUT2D eigenvalue weighted by Crippen LogP contribution is 1.77. The van der Waals surface area contributed by atoms with Crippen LogP contribution >= 0.6 is 0 Å². The minimum atomic E-state index is -0.288. The summed E-state index contributed by atoms with van der Waals surface area (Å²) in [7, 11) is 1.53. The lowest BCUT2D eigenvalue weighted by molar-refractivity contribution is 0.127. The van der Waals surface area contributed by atoms with Crippen molar-refractivity contribution < 1.29 is 4.74 Å². The van der Waals surface area contributed by atoms with Crippen molar-refractivity contribution in [2.45, 2.75) is 6.73 Å². The Bertz CT molecular complexity index is 256. The summed E-state index contributed by atoms with van der Waals surface area (Å²) in [6, 6.07) is 1.68. The van der Waals surface area contributed by atoms with Crippen LogP contribution in [0, 0.1) is 0 Å². The molecule has 10 heavy (non-hydrogen) atoms. The number of aromatic nitrogens is 2. The van der Waals surface area contributed by atoms with Gasteiger partial charge in [-0.05, 0) is 6.07 Å². The van der Waals surface area contributed by atoms with Crippen molar-refractivity contribution >= 4 is 0 Å². The monoisotopic (exact) mass is 140 g/mol. The number of hydrogen-bond donors (Lipinski definition) is 0. The molecule has 1 aromatic heterocycles. The largest absolute Gasteiger partial charge is 0.364 e. The number of rotatable bonds is 2. The van der Waals surface area contributed by atoms with E-state index in [-0.39, 0.29) is 12.4 Å². The zero-order valence-corrected chi connectivity index (χ0v) is 5.65. The lowest BCUT2D eigenvalue weighted by Gasteiger charge is -1.99. The number of ether oxygens (including phenoxy) is 1. The molecule has 0 N–H and O–H groups in total. The van der Waals surface area contributed by atoms with Crippen molar-refractivity contribution in [1.82, 2.24) is 9.55 Å². The van der Waals surface area contributed by atoms with Crippen LogP contribution in [0.1, 0.15) is 0 Å². The Morgan fingerprint density at radius 1 is 1.80 bits per heavy atom. The Hall–Kier alpha value is -1.16. The molecule has 1 heterocycles. The molecule has 0 atom stereocenters. The van der Waals surface area contributed by atoms with Crippen LogP contribution in [0.2, 0.25) is 0 Å². The van der Waals surface area contributed by atoms with E-state index in [1.54, 1.807) is 12.3 Å². The fraction of sp³-hybridized carbons (Fsp3) is 0.333.